The summed E-state index contributed by atoms with van der Waals surface area (Å²) in [5, 5.41) is 24.1. The highest BCUT2D eigenvalue weighted by Crippen LogP contribution is 2.52. The highest BCUT2D eigenvalue weighted by atomic mass is 16.5. The summed E-state index contributed by atoms with van der Waals surface area (Å²) in [6, 6.07) is 2.43. The minimum Gasteiger partial charge on any atom is -0.388 e. The van der Waals surface area contributed by atoms with E-state index in [0.29, 0.717) is 32.5 Å². The van der Waals surface area contributed by atoms with Crippen molar-refractivity contribution in [2.45, 2.75) is 38.7 Å². The summed E-state index contributed by atoms with van der Waals surface area (Å²) in [5.74, 6) is 0. The van der Waals surface area contributed by atoms with Crippen LogP contribution in [-0.4, -0.2) is 37.0 Å². The molecule has 0 aromatic heterocycles. The van der Waals surface area contributed by atoms with Gasteiger partial charge in [-0.2, -0.15) is 5.26 Å². The fraction of sp³-hybridized carbons (Fsp3) is 0.923. The lowest BCUT2D eigenvalue weighted by atomic mass is 9.54. The van der Waals surface area contributed by atoms with E-state index in [1.165, 1.54) is 0 Å². The minimum absolute atomic E-state index is 0.279. The highest BCUT2D eigenvalue weighted by Gasteiger charge is 2.59. The molecular formula is C13H22N2O2. The van der Waals surface area contributed by atoms with Gasteiger partial charge in [0.2, 0.25) is 0 Å². The van der Waals surface area contributed by atoms with Gasteiger partial charge >= 0.3 is 0 Å². The minimum atomic E-state index is -0.913. The van der Waals surface area contributed by atoms with Crippen molar-refractivity contribution < 1.29 is 9.84 Å². The largest absolute Gasteiger partial charge is 0.388 e. The smallest absolute Gasteiger partial charge is 0.0910 e. The molecule has 17 heavy (non-hydrogen) atoms. The predicted octanol–water partition coefficient (Wildman–Crippen LogP) is 1.06. The molecule has 0 amide bonds. The van der Waals surface area contributed by atoms with Gasteiger partial charge in [-0.1, -0.05) is 13.8 Å². The van der Waals surface area contributed by atoms with E-state index < -0.39 is 11.0 Å². The molecule has 2 N–H and O–H groups in total. The Bertz CT molecular complexity index is 329. The number of nitrogens with zero attached hydrogens (tertiary/aromatic N) is 1. The van der Waals surface area contributed by atoms with Crippen LogP contribution in [0.15, 0.2) is 0 Å². The van der Waals surface area contributed by atoms with Gasteiger partial charge in [0, 0.05) is 25.2 Å². The quantitative estimate of drug-likeness (QED) is 0.717. The number of hydrogen-bond acceptors (Lipinski definition) is 4. The average molecular weight is 238 g/mol. The summed E-state index contributed by atoms with van der Waals surface area (Å²) in [4.78, 5) is 0. The summed E-state index contributed by atoms with van der Waals surface area (Å²) < 4.78 is 5.35. The van der Waals surface area contributed by atoms with Crippen molar-refractivity contribution in [1.82, 2.24) is 5.32 Å². The Labute approximate surface area is 103 Å². The molecule has 0 aliphatic carbocycles. The van der Waals surface area contributed by atoms with Crippen LogP contribution in [0.4, 0.5) is 0 Å². The van der Waals surface area contributed by atoms with Crippen molar-refractivity contribution in [2.24, 2.45) is 10.8 Å². The molecule has 1 atom stereocenters. The third-order valence-corrected chi connectivity index (χ3v) is 4.70. The van der Waals surface area contributed by atoms with Gasteiger partial charge in [-0.25, -0.2) is 0 Å². The average Bonchev–Trinajstić information content (AvgIpc) is 2.33. The van der Waals surface area contributed by atoms with Gasteiger partial charge in [0.25, 0.3) is 0 Å². The zero-order valence-corrected chi connectivity index (χ0v) is 10.8. The molecule has 2 saturated heterocycles. The maximum Gasteiger partial charge on any atom is 0.0910 e. The molecule has 2 heterocycles. The van der Waals surface area contributed by atoms with Crippen molar-refractivity contribution in [3.8, 4) is 6.07 Å². The number of aliphatic hydroxyl groups is 1. The zero-order chi connectivity index (χ0) is 12.6. The molecule has 0 radical (unpaired) electrons. The van der Waals surface area contributed by atoms with Crippen LogP contribution in [0.25, 0.3) is 0 Å². The molecule has 0 aromatic rings. The van der Waals surface area contributed by atoms with Crippen molar-refractivity contribution in [2.75, 3.05) is 26.3 Å². The molecule has 96 valence electrons. The maximum absolute atomic E-state index is 11.2. The lowest BCUT2D eigenvalue weighted by Crippen LogP contribution is -2.65. The molecule has 4 heteroatoms. The number of hydrogen-bond donors (Lipinski definition) is 2. The second-order valence-corrected chi connectivity index (χ2v) is 5.98. The fourth-order valence-electron chi connectivity index (χ4n) is 3.38. The first kappa shape index (κ1) is 12.8. The summed E-state index contributed by atoms with van der Waals surface area (Å²) in [6.45, 7) is 6.80. The zero-order valence-electron chi connectivity index (χ0n) is 10.8. The molecular weight excluding hydrogens is 216 g/mol. The fourth-order valence-corrected chi connectivity index (χ4v) is 3.38. The first-order chi connectivity index (χ1) is 7.97. The summed E-state index contributed by atoms with van der Waals surface area (Å²) in [7, 11) is 0. The summed E-state index contributed by atoms with van der Waals surface area (Å²) in [5.41, 5.74) is -1.83. The van der Waals surface area contributed by atoms with Gasteiger partial charge in [-0.3, -0.25) is 0 Å². The second-order valence-electron chi connectivity index (χ2n) is 5.98. The molecule has 2 aliphatic rings. The molecule has 0 bridgehead atoms. The molecule has 2 aliphatic heterocycles. The van der Waals surface area contributed by atoms with Crippen LogP contribution in [0.2, 0.25) is 0 Å². The molecule has 0 spiro atoms. The van der Waals surface area contributed by atoms with E-state index in [1.54, 1.807) is 0 Å². The van der Waals surface area contributed by atoms with Crippen molar-refractivity contribution in [3.05, 3.63) is 0 Å². The van der Waals surface area contributed by atoms with Crippen molar-refractivity contribution in [3.63, 3.8) is 0 Å². The molecule has 0 saturated carbocycles. The van der Waals surface area contributed by atoms with E-state index in [2.05, 4.69) is 11.4 Å². The Morgan fingerprint density at radius 3 is 2.41 bits per heavy atom. The second kappa shape index (κ2) is 4.24. The lowest BCUT2D eigenvalue weighted by molar-refractivity contribution is -0.181. The van der Waals surface area contributed by atoms with E-state index in [-0.39, 0.29) is 5.41 Å². The normalized spacial score (nSPS) is 36.1. The van der Waals surface area contributed by atoms with Gasteiger partial charge in [-0.05, 0) is 25.8 Å². The van der Waals surface area contributed by atoms with E-state index in [0.717, 1.165) is 13.1 Å². The molecule has 2 rings (SSSR count). The van der Waals surface area contributed by atoms with Crippen molar-refractivity contribution in [1.29, 1.82) is 5.26 Å². The molecule has 4 nitrogen and oxygen atoms in total. The third-order valence-electron chi connectivity index (χ3n) is 4.70. The number of rotatable bonds is 1. The Morgan fingerprint density at radius 1 is 1.24 bits per heavy atom. The summed E-state index contributed by atoms with van der Waals surface area (Å²) in [6.07, 6.45) is 1.93. The Morgan fingerprint density at radius 2 is 1.88 bits per heavy atom. The van der Waals surface area contributed by atoms with Crippen LogP contribution in [-0.2, 0) is 4.74 Å². The van der Waals surface area contributed by atoms with Crippen LogP contribution in [0, 0.1) is 22.2 Å². The van der Waals surface area contributed by atoms with Gasteiger partial charge in [0.05, 0.1) is 17.1 Å². The Hall–Kier alpha value is -0.630. The first-order valence-electron chi connectivity index (χ1n) is 6.40. The topological polar surface area (TPSA) is 65.3 Å². The van der Waals surface area contributed by atoms with E-state index >= 15 is 0 Å². The molecule has 0 aromatic carbocycles. The summed E-state index contributed by atoms with van der Waals surface area (Å²) >= 11 is 0. The van der Waals surface area contributed by atoms with E-state index in [1.807, 2.05) is 13.8 Å². The standard InChI is InChI=1S/C13H22N2O2/c1-11(2)10-15-6-3-13(11,16)12(9-14)4-7-17-8-5-12/h15-16H,3-8,10H2,1-2H3. The third kappa shape index (κ3) is 1.77. The Kier molecular flexibility index (Phi) is 3.19. The SMILES string of the molecule is CC1(C)CNCCC1(O)C1(C#N)CCOCC1. The number of nitrogens with one attached hydrogen (secondary N) is 1. The van der Waals surface area contributed by atoms with Crippen molar-refractivity contribution >= 4 is 0 Å². The van der Waals surface area contributed by atoms with Gasteiger partial charge < -0.3 is 15.2 Å². The molecule has 1 unspecified atom stereocenters. The molecule has 2 fully saturated rings. The number of nitriles is 1. The van der Waals surface area contributed by atoms with E-state index in [9.17, 15) is 10.4 Å². The van der Waals surface area contributed by atoms with Crippen LogP contribution in [0.5, 0.6) is 0 Å². The van der Waals surface area contributed by atoms with Crippen LogP contribution >= 0.6 is 0 Å². The number of piperidine rings is 1. The van der Waals surface area contributed by atoms with Gasteiger partial charge in [0.1, 0.15) is 0 Å². The first-order valence-corrected chi connectivity index (χ1v) is 6.40. The van der Waals surface area contributed by atoms with Crippen LogP contribution in [0.3, 0.4) is 0 Å². The van der Waals surface area contributed by atoms with Gasteiger partial charge in [-0.15, -0.1) is 0 Å². The predicted molar refractivity (Wildman–Crippen MR) is 64.3 cm³/mol. The van der Waals surface area contributed by atoms with E-state index in [4.69, 9.17) is 4.74 Å². The van der Waals surface area contributed by atoms with Gasteiger partial charge in [0.15, 0.2) is 0 Å². The van der Waals surface area contributed by atoms with Crippen LogP contribution in [0.1, 0.15) is 33.1 Å². The Balaban J connectivity index is 2.37. The lowest BCUT2D eigenvalue weighted by Gasteiger charge is -2.55. The highest BCUT2D eigenvalue weighted by molar-refractivity contribution is 5.18. The maximum atomic E-state index is 11.2. The number of ether oxygens (including phenoxy) is 1. The monoisotopic (exact) mass is 238 g/mol. The van der Waals surface area contributed by atoms with Crippen LogP contribution < -0.4 is 5.32 Å².